The average molecular weight is 356 g/mol. The molecule has 4 atom stereocenters. The van der Waals surface area contributed by atoms with Gasteiger partial charge >= 0.3 is 0 Å². The largest absolute Gasteiger partial charge is 0.365 e. The summed E-state index contributed by atoms with van der Waals surface area (Å²) in [5, 5.41) is 0. The van der Waals surface area contributed by atoms with Crippen molar-refractivity contribution in [2.24, 2.45) is 5.92 Å². The van der Waals surface area contributed by atoms with Crippen molar-refractivity contribution in [3.63, 3.8) is 0 Å². The second-order valence-electron chi connectivity index (χ2n) is 8.21. The molecule has 0 amide bonds. The summed E-state index contributed by atoms with van der Waals surface area (Å²) >= 11 is 0. The van der Waals surface area contributed by atoms with Crippen LogP contribution < -0.4 is 0 Å². The number of carbonyl (C=O) groups excluding carboxylic acids is 1. The van der Waals surface area contributed by atoms with E-state index in [2.05, 4.69) is 6.92 Å². The zero-order valence-corrected chi connectivity index (χ0v) is 15.9. The van der Waals surface area contributed by atoms with E-state index in [1.165, 1.54) is 11.1 Å². The number of Topliss-reactive ketones (excluding diaryl/α,β-unsaturated/α-hetero) is 1. The Morgan fingerprint density at radius 1 is 1.15 bits per heavy atom. The van der Waals surface area contributed by atoms with Gasteiger partial charge in [-0.2, -0.15) is 0 Å². The van der Waals surface area contributed by atoms with Gasteiger partial charge in [0.25, 0.3) is 0 Å². The van der Waals surface area contributed by atoms with Gasteiger partial charge in [-0.3, -0.25) is 4.79 Å². The topological polar surface area (TPSA) is 44.8 Å². The monoisotopic (exact) mass is 356 g/mol. The number of allylic oxidation sites excluding steroid dienone is 1. The molecule has 4 rings (SSSR count). The minimum Gasteiger partial charge on any atom is -0.365 e. The van der Waals surface area contributed by atoms with Crippen molar-refractivity contribution in [1.29, 1.82) is 0 Å². The summed E-state index contributed by atoms with van der Waals surface area (Å²) in [4.78, 5) is 12.9. The SMILES string of the molecule is CC1=C2CCCC(=O)C(OCc3ccccc3)[C@@H](C2)[C@@H]2OC(C)(C)O[C@H]12. The highest BCUT2D eigenvalue weighted by Gasteiger charge is 2.52. The van der Waals surface area contributed by atoms with Crippen LogP contribution in [0.4, 0.5) is 0 Å². The minimum atomic E-state index is -0.620. The molecule has 2 bridgehead atoms. The number of carbonyl (C=O) groups is 1. The summed E-state index contributed by atoms with van der Waals surface area (Å²) in [5.41, 5.74) is 3.82. The lowest BCUT2D eigenvalue weighted by molar-refractivity contribution is -0.160. The quantitative estimate of drug-likeness (QED) is 0.762. The van der Waals surface area contributed by atoms with Crippen LogP contribution in [0.5, 0.6) is 0 Å². The first-order valence-corrected chi connectivity index (χ1v) is 9.67. The lowest BCUT2D eigenvalue weighted by Crippen LogP contribution is -2.47. The van der Waals surface area contributed by atoms with Gasteiger partial charge in [-0.1, -0.05) is 35.9 Å². The molecular weight excluding hydrogens is 328 g/mol. The Balaban J connectivity index is 1.61. The van der Waals surface area contributed by atoms with E-state index >= 15 is 0 Å². The van der Waals surface area contributed by atoms with Crippen molar-refractivity contribution in [2.45, 2.75) is 77.2 Å². The normalized spacial score (nSPS) is 33.6. The summed E-state index contributed by atoms with van der Waals surface area (Å²) in [6.45, 7) is 6.53. The van der Waals surface area contributed by atoms with Crippen molar-refractivity contribution in [3.8, 4) is 0 Å². The van der Waals surface area contributed by atoms with E-state index in [0.29, 0.717) is 13.0 Å². The standard InChI is InChI=1S/C22H28O4/c1-14-16-10-7-11-18(23)20(24-13-15-8-5-4-6-9-15)17(12-16)21-19(14)25-22(2,3)26-21/h4-6,8-9,17,19-21H,7,10-13H2,1-3H3/t17-,19-,20?,21+/m1/s1. The third kappa shape index (κ3) is 3.38. The van der Waals surface area contributed by atoms with Gasteiger partial charge in [0, 0.05) is 12.3 Å². The van der Waals surface area contributed by atoms with Crippen LogP contribution in [0, 0.1) is 5.92 Å². The van der Waals surface area contributed by atoms with E-state index in [-0.39, 0.29) is 23.9 Å². The molecule has 26 heavy (non-hydrogen) atoms. The van der Waals surface area contributed by atoms with Gasteiger partial charge in [-0.25, -0.2) is 0 Å². The van der Waals surface area contributed by atoms with E-state index in [9.17, 15) is 4.79 Å². The molecule has 1 saturated heterocycles. The summed E-state index contributed by atoms with van der Waals surface area (Å²) in [6.07, 6.45) is 2.72. The first-order valence-electron chi connectivity index (χ1n) is 9.67. The molecule has 0 spiro atoms. The number of hydrogen-bond donors (Lipinski definition) is 0. The third-order valence-electron chi connectivity index (χ3n) is 5.90. The fourth-order valence-electron chi connectivity index (χ4n) is 4.61. The maximum Gasteiger partial charge on any atom is 0.164 e. The molecule has 4 heteroatoms. The second-order valence-corrected chi connectivity index (χ2v) is 8.21. The molecule has 0 radical (unpaired) electrons. The molecule has 0 aromatic heterocycles. The van der Waals surface area contributed by atoms with Gasteiger partial charge in [0.15, 0.2) is 11.6 Å². The number of rotatable bonds is 3. The smallest absolute Gasteiger partial charge is 0.164 e. The average Bonchev–Trinajstić information content (AvgIpc) is 2.93. The highest BCUT2D eigenvalue weighted by Crippen LogP contribution is 2.46. The molecule has 4 nitrogen and oxygen atoms in total. The molecule has 1 aromatic carbocycles. The van der Waals surface area contributed by atoms with Crippen molar-refractivity contribution in [1.82, 2.24) is 0 Å². The fourth-order valence-corrected chi connectivity index (χ4v) is 4.61. The summed E-state index contributed by atoms with van der Waals surface area (Å²) in [7, 11) is 0. The first-order chi connectivity index (χ1) is 12.4. The van der Waals surface area contributed by atoms with Crippen LogP contribution in [-0.4, -0.2) is 29.9 Å². The molecule has 1 unspecified atom stereocenters. The van der Waals surface area contributed by atoms with Crippen molar-refractivity contribution in [3.05, 3.63) is 47.0 Å². The van der Waals surface area contributed by atoms with E-state index in [4.69, 9.17) is 14.2 Å². The Bertz CT molecular complexity index is 706. The Kier molecular flexibility index (Phi) is 4.76. The Hall–Kier alpha value is -1.49. The minimum absolute atomic E-state index is 0.0250. The van der Waals surface area contributed by atoms with Crippen LogP contribution in [0.15, 0.2) is 41.5 Å². The van der Waals surface area contributed by atoms with Crippen molar-refractivity contribution in [2.75, 3.05) is 0 Å². The number of benzene rings is 1. The zero-order valence-electron chi connectivity index (χ0n) is 15.9. The maximum atomic E-state index is 12.9. The van der Waals surface area contributed by atoms with Crippen LogP contribution in [0.2, 0.25) is 0 Å². The Morgan fingerprint density at radius 2 is 1.92 bits per heavy atom. The summed E-state index contributed by atoms with van der Waals surface area (Å²) < 4.78 is 18.7. The van der Waals surface area contributed by atoms with Gasteiger partial charge in [-0.15, -0.1) is 0 Å². The van der Waals surface area contributed by atoms with Gasteiger partial charge in [-0.05, 0) is 51.2 Å². The molecule has 2 fully saturated rings. The molecule has 1 aliphatic heterocycles. The van der Waals surface area contributed by atoms with Crippen molar-refractivity contribution >= 4 is 5.78 Å². The number of fused-ring (bicyclic) bond motifs is 4. The molecular formula is C22H28O4. The number of ketones is 1. The van der Waals surface area contributed by atoms with Gasteiger partial charge in [0.2, 0.25) is 0 Å². The highest BCUT2D eigenvalue weighted by molar-refractivity contribution is 5.83. The van der Waals surface area contributed by atoms with Gasteiger partial charge < -0.3 is 14.2 Å². The van der Waals surface area contributed by atoms with Crippen LogP contribution in [0.1, 0.15) is 52.0 Å². The fraction of sp³-hybridized carbons (Fsp3) is 0.591. The predicted octanol–water partition coefficient (Wildman–Crippen LogP) is 4.18. The first kappa shape index (κ1) is 17.9. The number of hydrogen-bond acceptors (Lipinski definition) is 4. The van der Waals surface area contributed by atoms with Gasteiger partial charge in [0.1, 0.15) is 12.2 Å². The third-order valence-corrected chi connectivity index (χ3v) is 5.90. The lowest BCUT2D eigenvalue weighted by atomic mass is 9.73. The molecule has 2 aliphatic carbocycles. The molecule has 1 saturated carbocycles. The molecule has 1 aromatic rings. The van der Waals surface area contributed by atoms with Crippen LogP contribution >= 0.6 is 0 Å². The zero-order chi connectivity index (χ0) is 18.3. The van der Waals surface area contributed by atoms with E-state index in [1.807, 2.05) is 44.2 Å². The molecule has 3 aliphatic rings. The van der Waals surface area contributed by atoms with Gasteiger partial charge in [0.05, 0.1) is 12.7 Å². The summed E-state index contributed by atoms with van der Waals surface area (Å²) in [6, 6.07) is 10.0. The van der Waals surface area contributed by atoms with E-state index in [0.717, 1.165) is 24.8 Å². The molecule has 140 valence electrons. The highest BCUT2D eigenvalue weighted by atomic mass is 16.8. The Morgan fingerprint density at radius 3 is 2.69 bits per heavy atom. The molecule has 0 N–H and O–H groups in total. The second kappa shape index (κ2) is 6.91. The van der Waals surface area contributed by atoms with Crippen LogP contribution in [0.25, 0.3) is 0 Å². The van der Waals surface area contributed by atoms with Crippen LogP contribution in [0.3, 0.4) is 0 Å². The molecule has 1 heterocycles. The summed E-state index contributed by atoms with van der Waals surface area (Å²) in [5.74, 6) is -0.390. The lowest BCUT2D eigenvalue weighted by Gasteiger charge is -2.39. The predicted molar refractivity (Wildman–Crippen MR) is 98.5 cm³/mol. The van der Waals surface area contributed by atoms with Crippen LogP contribution in [-0.2, 0) is 25.6 Å². The van der Waals surface area contributed by atoms with Crippen molar-refractivity contribution < 1.29 is 19.0 Å². The Labute approximate surface area is 155 Å². The van der Waals surface area contributed by atoms with E-state index < -0.39 is 11.9 Å². The van der Waals surface area contributed by atoms with E-state index in [1.54, 1.807) is 0 Å². The number of ether oxygens (including phenoxy) is 3. The maximum absolute atomic E-state index is 12.9.